The minimum absolute atomic E-state index is 0.0360. The van der Waals surface area contributed by atoms with E-state index in [1.165, 1.54) is 68.0 Å². The van der Waals surface area contributed by atoms with Crippen LogP contribution in [0.4, 0.5) is 11.4 Å². The molecule has 0 bridgehead atoms. The minimum atomic E-state index is -0.144. The van der Waals surface area contributed by atoms with Gasteiger partial charge in [0.05, 0.1) is 11.3 Å². The smallest absolute Gasteiger partial charge is 0.256 e. The average molecular weight is 466 g/mol. The van der Waals surface area contributed by atoms with Gasteiger partial charge in [-0.3, -0.25) is 9.59 Å². The highest BCUT2D eigenvalue weighted by molar-refractivity contribution is 8.00. The maximum atomic E-state index is 13.0. The predicted octanol–water partition coefficient (Wildman–Crippen LogP) is 5.64. The molecular weight excluding hydrogens is 430 g/mol. The summed E-state index contributed by atoms with van der Waals surface area (Å²) in [6.45, 7) is 5.07. The van der Waals surface area contributed by atoms with Crippen molar-refractivity contribution in [2.45, 2.75) is 56.8 Å². The Kier molecular flexibility index (Phi) is 8.32. The number of amides is 2. The van der Waals surface area contributed by atoms with Crippen molar-refractivity contribution in [3.05, 3.63) is 53.6 Å². The van der Waals surface area contributed by atoms with Gasteiger partial charge in [0.25, 0.3) is 5.91 Å². The van der Waals surface area contributed by atoms with Crippen molar-refractivity contribution in [2.75, 3.05) is 35.6 Å². The van der Waals surface area contributed by atoms with Crippen LogP contribution in [-0.2, 0) is 4.79 Å². The molecule has 1 saturated carbocycles. The van der Waals surface area contributed by atoms with E-state index in [-0.39, 0.29) is 11.8 Å². The number of nitrogens with one attached hydrogen (secondary N) is 2. The van der Waals surface area contributed by atoms with Crippen LogP contribution in [0, 0.1) is 12.8 Å². The van der Waals surface area contributed by atoms with Gasteiger partial charge in [0.15, 0.2) is 0 Å². The van der Waals surface area contributed by atoms with Gasteiger partial charge < -0.3 is 15.5 Å². The zero-order valence-electron chi connectivity index (χ0n) is 19.6. The summed E-state index contributed by atoms with van der Waals surface area (Å²) in [5.74, 6) is 0.828. The molecule has 1 heterocycles. The van der Waals surface area contributed by atoms with Gasteiger partial charge in [-0.25, -0.2) is 0 Å². The van der Waals surface area contributed by atoms with Gasteiger partial charge in [0.2, 0.25) is 5.91 Å². The average Bonchev–Trinajstić information content (AvgIpc) is 3.37. The lowest BCUT2D eigenvalue weighted by molar-refractivity contribution is -0.118. The molecule has 6 heteroatoms. The van der Waals surface area contributed by atoms with Crippen molar-refractivity contribution in [1.82, 2.24) is 5.32 Å². The van der Waals surface area contributed by atoms with Gasteiger partial charge >= 0.3 is 0 Å². The number of rotatable bonds is 8. The van der Waals surface area contributed by atoms with Gasteiger partial charge in [0.1, 0.15) is 0 Å². The quantitative estimate of drug-likeness (QED) is 0.496. The molecule has 2 fully saturated rings. The molecule has 2 N–H and O–H groups in total. The zero-order valence-corrected chi connectivity index (χ0v) is 20.4. The number of anilines is 2. The topological polar surface area (TPSA) is 61.4 Å². The molecule has 0 unspecified atom stereocenters. The van der Waals surface area contributed by atoms with E-state index in [1.54, 1.807) is 0 Å². The molecule has 1 aliphatic carbocycles. The van der Waals surface area contributed by atoms with Crippen LogP contribution < -0.4 is 15.5 Å². The molecule has 2 aromatic rings. The lowest BCUT2D eigenvalue weighted by Gasteiger charge is -2.21. The Hall–Kier alpha value is -2.47. The predicted molar refractivity (Wildman–Crippen MR) is 137 cm³/mol. The molecule has 2 amide bonds. The molecule has 4 rings (SSSR count). The van der Waals surface area contributed by atoms with Crippen LogP contribution in [0.25, 0.3) is 0 Å². The third kappa shape index (κ3) is 6.53. The Balaban J connectivity index is 1.33. The van der Waals surface area contributed by atoms with Gasteiger partial charge in [-0.05, 0) is 74.4 Å². The molecular formula is C27H35N3O2S. The molecule has 2 aromatic carbocycles. The first kappa shape index (κ1) is 23.7. The normalized spacial score (nSPS) is 16.6. The highest BCUT2D eigenvalue weighted by atomic mass is 32.2. The Bertz CT molecular complexity index is 966. The summed E-state index contributed by atoms with van der Waals surface area (Å²) in [6.07, 6.45) is 8.79. The van der Waals surface area contributed by atoms with Crippen LogP contribution in [-0.4, -0.2) is 37.2 Å². The second-order valence-electron chi connectivity index (χ2n) is 9.24. The molecule has 0 radical (unpaired) electrons. The molecule has 0 atom stereocenters. The van der Waals surface area contributed by atoms with Crippen LogP contribution in [0.3, 0.4) is 0 Å². The molecule has 2 aliphatic rings. The van der Waals surface area contributed by atoms with Crippen LogP contribution in [0.15, 0.2) is 47.4 Å². The number of hydrogen-bond donors (Lipinski definition) is 2. The van der Waals surface area contributed by atoms with E-state index in [4.69, 9.17) is 0 Å². The SMILES string of the molecule is Cc1cc(NC(=O)c2ccccc2SCC(=O)NCC2CCCCC2)ccc1N1CCCC1. The summed E-state index contributed by atoms with van der Waals surface area (Å²) in [6, 6.07) is 13.6. The summed E-state index contributed by atoms with van der Waals surface area (Å²) < 4.78 is 0. The standard InChI is InChI=1S/C27H35N3O2S/c1-20-17-22(13-14-24(20)30-15-7-8-16-30)29-27(32)23-11-5-6-12-25(23)33-19-26(31)28-18-21-9-3-2-4-10-21/h5-6,11-14,17,21H,2-4,7-10,15-16,18-19H2,1H3,(H,28,31)(H,29,32). The van der Waals surface area contributed by atoms with E-state index < -0.39 is 0 Å². The van der Waals surface area contributed by atoms with Crippen molar-refractivity contribution in [3.63, 3.8) is 0 Å². The minimum Gasteiger partial charge on any atom is -0.371 e. The Morgan fingerprint density at radius 2 is 1.76 bits per heavy atom. The third-order valence-corrected chi connectivity index (χ3v) is 7.78. The van der Waals surface area contributed by atoms with Gasteiger partial charge in [-0.15, -0.1) is 11.8 Å². The van der Waals surface area contributed by atoms with Crippen molar-refractivity contribution in [2.24, 2.45) is 5.92 Å². The molecule has 1 saturated heterocycles. The number of benzene rings is 2. The zero-order chi connectivity index (χ0) is 23.0. The van der Waals surface area contributed by atoms with Crippen LogP contribution in [0.1, 0.15) is 60.9 Å². The number of hydrogen-bond acceptors (Lipinski definition) is 4. The van der Waals surface area contributed by atoms with Crippen LogP contribution in [0.2, 0.25) is 0 Å². The van der Waals surface area contributed by atoms with E-state index in [0.717, 1.165) is 30.2 Å². The lowest BCUT2D eigenvalue weighted by Crippen LogP contribution is -2.31. The molecule has 33 heavy (non-hydrogen) atoms. The Morgan fingerprint density at radius 3 is 2.52 bits per heavy atom. The summed E-state index contributed by atoms with van der Waals surface area (Å²) in [5, 5.41) is 6.12. The fourth-order valence-corrected chi connectivity index (χ4v) is 5.75. The molecule has 1 aliphatic heterocycles. The number of carbonyl (C=O) groups is 2. The first-order valence-electron chi connectivity index (χ1n) is 12.3. The van der Waals surface area contributed by atoms with Crippen molar-refractivity contribution in [3.8, 4) is 0 Å². The first-order valence-corrected chi connectivity index (χ1v) is 13.2. The van der Waals surface area contributed by atoms with Crippen LogP contribution >= 0.6 is 11.8 Å². The van der Waals surface area contributed by atoms with E-state index >= 15 is 0 Å². The lowest BCUT2D eigenvalue weighted by atomic mass is 9.89. The van der Waals surface area contributed by atoms with Crippen molar-refractivity contribution >= 4 is 35.0 Å². The fraction of sp³-hybridized carbons (Fsp3) is 0.481. The largest absolute Gasteiger partial charge is 0.371 e. The Morgan fingerprint density at radius 1 is 1.00 bits per heavy atom. The second kappa shape index (κ2) is 11.6. The molecule has 176 valence electrons. The van der Waals surface area contributed by atoms with Crippen molar-refractivity contribution in [1.29, 1.82) is 0 Å². The monoisotopic (exact) mass is 465 g/mol. The number of thioether (sulfide) groups is 1. The molecule has 0 aromatic heterocycles. The van der Waals surface area contributed by atoms with Crippen LogP contribution in [0.5, 0.6) is 0 Å². The van der Waals surface area contributed by atoms with Gasteiger partial charge in [0, 0.05) is 35.9 Å². The van der Waals surface area contributed by atoms with E-state index in [1.807, 2.05) is 36.4 Å². The number of aryl methyl sites for hydroxylation is 1. The third-order valence-electron chi connectivity index (χ3n) is 6.70. The summed E-state index contributed by atoms with van der Waals surface area (Å²) in [4.78, 5) is 28.6. The highest BCUT2D eigenvalue weighted by Gasteiger charge is 2.17. The highest BCUT2D eigenvalue weighted by Crippen LogP contribution is 2.28. The van der Waals surface area contributed by atoms with E-state index in [0.29, 0.717) is 17.2 Å². The van der Waals surface area contributed by atoms with E-state index in [9.17, 15) is 9.59 Å². The maximum absolute atomic E-state index is 13.0. The van der Waals surface area contributed by atoms with Gasteiger partial charge in [-0.2, -0.15) is 0 Å². The number of nitrogens with zero attached hydrogens (tertiary/aromatic N) is 1. The summed E-state index contributed by atoms with van der Waals surface area (Å²) >= 11 is 1.42. The summed E-state index contributed by atoms with van der Waals surface area (Å²) in [7, 11) is 0. The second-order valence-corrected chi connectivity index (χ2v) is 10.3. The van der Waals surface area contributed by atoms with Gasteiger partial charge in [-0.1, -0.05) is 31.4 Å². The maximum Gasteiger partial charge on any atom is 0.256 e. The molecule has 5 nitrogen and oxygen atoms in total. The van der Waals surface area contributed by atoms with E-state index in [2.05, 4.69) is 28.5 Å². The molecule has 0 spiro atoms. The number of carbonyl (C=O) groups excluding carboxylic acids is 2. The summed E-state index contributed by atoms with van der Waals surface area (Å²) in [5.41, 5.74) is 3.82. The first-order chi connectivity index (χ1) is 16.1. The van der Waals surface area contributed by atoms with Crippen molar-refractivity contribution < 1.29 is 9.59 Å². The Labute approximate surface area is 201 Å². The fourth-order valence-electron chi connectivity index (χ4n) is 4.87.